The van der Waals surface area contributed by atoms with E-state index in [2.05, 4.69) is 15.9 Å². The Labute approximate surface area is 215 Å². The Bertz CT molecular complexity index is 1160. The van der Waals surface area contributed by atoms with Gasteiger partial charge in [-0.1, -0.05) is 52.7 Å². The van der Waals surface area contributed by atoms with Gasteiger partial charge in [0.25, 0.3) is 11.8 Å². The molecule has 1 N–H and O–H groups in total. The van der Waals surface area contributed by atoms with Gasteiger partial charge in [0.2, 0.25) is 11.8 Å². The van der Waals surface area contributed by atoms with Crippen LogP contribution >= 0.6 is 39.1 Å². The second-order valence-electron chi connectivity index (χ2n) is 9.37. The van der Waals surface area contributed by atoms with Crippen molar-refractivity contribution in [1.29, 1.82) is 0 Å². The monoisotopic (exact) mass is 568 g/mol. The van der Waals surface area contributed by atoms with Crippen molar-refractivity contribution < 1.29 is 24.3 Å². The van der Waals surface area contributed by atoms with Crippen LogP contribution in [-0.4, -0.2) is 60.3 Å². The summed E-state index contributed by atoms with van der Waals surface area (Å²) in [4.78, 5) is 52.1. The molecule has 1 aromatic rings. The Morgan fingerprint density at radius 3 is 2.41 bits per heavy atom. The van der Waals surface area contributed by atoms with E-state index in [0.717, 1.165) is 4.90 Å². The fourth-order valence-corrected chi connectivity index (χ4v) is 7.76. The molecule has 4 amide bonds. The van der Waals surface area contributed by atoms with Crippen molar-refractivity contribution in [2.24, 2.45) is 17.8 Å². The van der Waals surface area contributed by atoms with Gasteiger partial charge >= 0.3 is 0 Å². The Balaban J connectivity index is 1.72. The molecule has 0 aromatic heterocycles. The molecule has 1 aromatic carbocycles. The average Bonchev–Trinajstić information content (AvgIpc) is 3.13. The van der Waals surface area contributed by atoms with Crippen molar-refractivity contribution in [1.82, 2.24) is 9.80 Å². The molecule has 0 unspecified atom stereocenters. The van der Waals surface area contributed by atoms with Gasteiger partial charge in [0, 0.05) is 18.0 Å². The Morgan fingerprint density at radius 1 is 1.06 bits per heavy atom. The van der Waals surface area contributed by atoms with Crippen molar-refractivity contribution in [3.63, 3.8) is 0 Å². The van der Waals surface area contributed by atoms with Gasteiger partial charge in [0.15, 0.2) is 9.75 Å². The van der Waals surface area contributed by atoms with Crippen LogP contribution in [0.2, 0.25) is 0 Å². The van der Waals surface area contributed by atoms with Crippen LogP contribution < -0.4 is 0 Å². The van der Waals surface area contributed by atoms with Gasteiger partial charge in [-0.25, -0.2) is 0 Å². The molecular weight excluding hydrogens is 547 g/mol. The first-order valence-electron chi connectivity index (χ1n) is 11.3. The number of phenolic OH excluding ortho intramolecular Hbond substituents is 1. The van der Waals surface area contributed by atoms with Crippen molar-refractivity contribution in [2.45, 2.75) is 41.9 Å². The molecule has 2 aliphatic carbocycles. The number of phenols is 1. The van der Waals surface area contributed by atoms with Crippen LogP contribution in [0.25, 0.3) is 0 Å². The number of hydrogen-bond acceptors (Lipinski definition) is 5. The normalized spacial score (nSPS) is 37.0. The van der Waals surface area contributed by atoms with E-state index in [0.29, 0.717) is 30.5 Å². The number of imide groups is 2. The molecule has 7 nitrogen and oxygen atoms in total. The minimum absolute atomic E-state index is 0.0534. The Morgan fingerprint density at radius 2 is 1.76 bits per heavy atom. The van der Waals surface area contributed by atoms with Crippen LogP contribution in [0.5, 0.6) is 5.75 Å². The smallest absolute Gasteiger partial charge is 0.254 e. The highest BCUT2D eigenvalue weighted by Crippen LogP contribution is 2.66. The number of fused-ring (bicyclic) bond motifs is 4. The number of likely N-dealkylation sites (tertiary alicyclic amines) is 2. The summed E-state index contributed by atoms with van der Waals surface area (Å²) >= 11 is 17.4. The molecule has 10 heteroatoms. The lowest BCUT2D eigenvalue weighted by Crippen LogP contribution is -2.60. The number of rotatable bonds is 4. The molecule has 0 bridgehead atoms. The minimum atomic E-state index is -1.90. The summed E-state index contributed by atoms with van der Waals surface area (Å²) in [7, 11) is 0. The lowest BCUT2D eigenvalue weighted by Gasteiger charge is -2.50. The third-order valence-corrected chi connectivity index (χ3v) is 9.72. The fourth-order valence-electron chi connectivity index (χ4n) is 6.34. The largest absolute Gasteiger partial charge is 0.508 e. The van der Waals surface area contributed by atoms with E-state index in [-0.39, 0.29) is 29.4 Å². The summed E-state index contributed by atoms with van der Waals surface area (Å²) in [5.41, 5.74) is 0.946. The van der Waals surface area contributed by atoms with Crippen molar-refractivity contribution >= 4 is 62.8 Å². The number of para-hydroxylation sites is 1. The first kappa shape index (κ1) is 23.8. The predicted octanol–water partition coefficient (Wildman–Crippen LogP) is 3.51. The number of aromatic hydroxyl groups is 1. The van der Waals surface area contributed by atoms with E-state index in [4.69, 9.17) is 23.2 Å². The molecule has 3 fully saturated rings. The molecule has 5 rings (SSSR count). The van der Waals surface area contributed by atoms with Gasteiger partial charge in [-0.2, -0.15) is 0 Å². The maximum absolute atomic E-state index is 13.6. The topological polar surface area (TPSA) is 95.0 Å². The molecule has 0 radical (unpaired) electrons. The zero-order valence-corrected chi connectivity index (χ0v) is 21.4. The van der Waals surface area contributed by atoms with E-state index < -0.39 is 45.2 Å². The lowest BCUT2D eigenvalue weighted by molar-refractivity contribution is -0.141. The lowest BCUT2D eigenvalue weighted by atomic mass is 9.56. The molecule has 0 spiro atoms. The number of amides is 4. The Hall–Kier alpha value is -1.90. The zero-order valence-electron chi connectivity index (χ0n) is 18.3. The zero-order chi connectivity index (χ0) is 24.6. The maximum atomic E-state index is 13.6. The Kier molecular flexibility index (Phi) is 5.65. The highest BCUT2D eigenvalue weighted by molar-refractivity contribution is 9.09. The fraction of sp³-hybridized carbons (Fsp3) is 0.500. The molecule has 1 saturated carbocycles. The van der Waals surface area contributed by atoms with Crippen LogP contribution in [0, 0.1) is 17.8 Å². The summed E-state index contributed by atoms with van der Waals surface area (Å²) in [6.45, 7) is 2.23. The van der Waals surface area contributed by atoms with Crippen molar-refractivity contribution in [2.75, 3.05) is 12.0 Å². The van der Waals surface area contributed by atoms with Gasteiger partial charge in [-0.3, -0.25) is 29.0 Å². The van der Waals surface area contributed by atoms with Gasteiger partial charge in [0.05, 0.1) is 17.3 Å². The van der Waals surface area contributed by atoms with Crippen LogP contribution in [-0.2, 0) is 19.2 Å². The molecule has 180 valence electrons. The number of carbonyl (C=O) groups is 4. The second kappa shape index (κ2) is 8.07. The molecule has 34 heavy (non-hydrogen) atoms. The number of alkyl halides is 3. The number of nitrogens with zero attached hydrogens (tertiary/aromatic N) is 2. The van der Waals surface area contributed by atoms with E-state index >= 15 is 0 Å². The SMILES string of the molecule is CCCN1C(=O)[C@H]2[C@H](CC=C3[C@H]2C[C@@]2(Cl)C(=O)N(CBr)C(=O)[C@@]2(Cl)[C@H]3c2ccccc2O)C1=O. The summed E-state index contributed by atoms with van der Waals surface area (Å²) < 4.78 is 0. The van der Waals surface area contributed by atoms with Crippen LogP contribution in [0.4, 0.5) is 0 Å². The number of hydrogen-bond donors (Lipinski definition) is 1. The summed E-state index contributed by atoms with van der Waals surface area (Å²) in [5, 5.41) is 10.8. The van der Waals surface area contributed by atoms with E-state index in [1.54, 1.807) is 18.2 Å². The number of allylic oxidation sites excluding steroid dienone is 2. The van der Waals surface area contributed by atoms with Crippen LogP contribution in [0.1, 0.15) is 37.7 Å². The number of carbonyl (C=O) groups excluding carboxylic acids is 4. The van der Waals surface area contributed by atoms with Gasteiger partial charge in [-0.05, 0) is 31.2 Å². The third-order valence-electron chi connectivity index (χ3n) is 7.80. The summed E-state index contributed by atoms with van der Waals surface area (Å²) in [5.74, 6) is -4.63. The van der Waals surface area contributed by atoms with Crippen molar-refractivity contribution in [3.8, 4) is 5.75 Å². The summed E-state index contributed by atoms with van der Waals surface area (Å²) in [6.07, 6.45) is 2.76. The average molecular weight is 570 g/mol. The van der Waals surface area contributed by atoms with E-state index in [9.17, 15) is 24.3 Å². The molecule has 2 heterocycles. The highest BCUT2D eigenvalue weighted by atomic mass is 79.9. The van der Waals surface area contributed by atoms with Crippen molar-refractivity contribution in [3.05, 3.63) is 41.5 Å². The van der Waals surface area contributed by atoms with Gasteiger partial charge in [-0.15, -0.1) is 23.2 Å². The molecule has 2 aliphatic heterocycles. The second-order valence-corrected chi connectivity index (χ2v) is 11.1. The van der Waals surface area contributed by atoms with E-state index in [1.807, 2.05) is 13.0 Å². The number of halogens is 3. The minimum Gasteiger partial charge on any atom is -0.508 e. The van der Waals surface area contributed by atoms with Gasteiger partial charge in [0.1, 0.15) is 5.75 Å². The molecule has 2 saturated heterocycles. The third kappa shape index (κ3) is 2.82. The molecule has 6 atom stereocenters. The predicted molar refractivity (Wildman–Crippen MR) is 128 cm³/mol. The first-order chi connectivity index (χ1) is 16.1. The van der Waals surface area contributed by atoms with Crippen LogP contribution in [0.3, 0.4) is 0 Å². The quantitative estimate of drug-likeness (QED) is 0.259. The standard InChI is InChI=1S/C24H23BrCl2N2O5/c1-2-9-28-19(31)14-8-7-12-15(17(14)20(28)32)10-23(26)21(33)29(11-25)22(34)24(23,27)18(12)13-5-3-4-6-16(13)30/h3-7,14-15,17-18,30H,2,8-11H2,1H3/t14-,15+,17-,18+,23+,24-/m0/s1. The molecule has 4 aliphatic rings. The molecular formula is C24H23BrCl2N2O5. The van der Waals surface area contributed by atoms with E-state index in [1.165, 1.54) is 11.0 Å². The maximum Gasteiger partial charge on any atom is 0.254 e. The van der Waals surface area contributed by atoms with Gasteiger partial charge < -0.3 is 5.11 Å². The first-order valence-corrected chi connectivity index (χ1v) is 13.1. The highest BCUT2D eigenvalue weighted by Gasteiger charge is 2.76. The number of benzene rings is 1. The summed E-state index contributed by atoms with van der Waals surface area (Å²) in [6, 6.07) is 6.49. The van der Waals surface area contributed by atoms with Crippen LogP contribution in [0.15, 0.2) is 35.9 Å².